The number of aliphatic carboxylic acids is 1. The molecule has 1 aromatic heterocycles. The Kier molecular flexibility index (Phi) is 8.49. The van der Waals surface area contributed by atoms with Gasteiger partial charge in [0.05, 0.1) is 12.0 Å². The van der Waals surface area contributed by atoms with Crippen molar-refractivity contribution in [2.75, 3.05) is 12.3 Å². The summed E-state index contributed by atoms with van der Waals surface area (Å²) in [6.45, 7) is 10.3. The number of rotatable bonds is 9. The molecule has 0 spiro atoms. The molecule has 2 aromatic carbocycles. The summed E-state index contributed by atoms with van der Waals surface area (Å²) < 4.78 is 29.4. The van der Waals surface area contributed by atoms with Gasteiger partial charge in [-0.05, 0) is 49.7 Å². The number of halogens is 3. The molecule has 38 heavy (non-hydrogen) atoms. The SMILES string of the molecule is CC(C)(C)Sc1c(CC(C)(C)C(=O)O)n(Cc2ccc(Cl)cc2)c2ccc(SCC3CC(F)(F)CN3)cc12. The Morgan fingerprint density at radius 2 is 1.84 bits per heavy atom. The summed E-state index contributed by atoms with van der Waals surface area (Å²) in [7, 11) is 0. The van der Waals surface area contributed by atoms with Gasteiger partial charge in [-0.1, -0.05) is 44.5 Å². The van der Waals surface area contributed by atoms with Crippen LogP contribution in [0.4, 0.5) is 8.78 Å². The van der Waals surface area contributed by atoms with Gasteiger partial charge in [-0.15, -0.1) is 23.5 Å². The number of benzene rings is 2. The van der Waals surface area contributed by atoms with Crippen LogP contribution in [0.5, 0.6) is 0 Å². The molecule has 3 aromatic rings. The monoisotopic (exact) mass is 580 g/mol. The third-order valence-electron chi connectivity index (χ3n) is 6.59. The summed E-state index contributed by atoms with van der Waals surface area (Å²) in [5.74, 6) is -2.92. The Hall–Kier alpha value is -1.74. The van der Waals surface area contributed by atoms with Crippen molar-refractivity contribution in [3.05, 3.63) is 58.7 Å². The van der Waals surface area contributed by atoms with Crippen molar-refractivity contribution in [3.8, 4) is 0 Å². The fraction of sp³-hybridized carbons (Fsp3) is 0.483. The van der Waals surface area contributed by atoms with Crippen LogP contribution >= 0.6 is 35.1 Å². The van der Waals surface area contributed by atoms with Gasteiger partial charge in [-0.25, -0.2) is 8.78 Å². The van der Waals surface area contributed by atoms with Crippen LogP contribution in [-0.2, 0) is 17.8 Å². The zero-order valence-electron chi connectivity index (χ0n) is 22.4. The Labute approximate surface area is 236 Å². The summed E-state index contributed by atoms with van der Waals surface area (Å²) in [6, 6.07) is 13.7. The molecular formula is C29H35ClF2N2O2S2. The van der Waals surface area contributed by atoms with E-state index in [-0.39, 0.29) is 23.8 Å². The predicted molar refractivity (Wildman–Crippen MR) is 155 cm³/mol. The number of alkyl halides is 2. The summed E-state index contributed by atoms with van der Waals surface area (Å²) >= 11 is 9.44. The van der Waals surface area contributed by atoms with Crippen molar-refractivity contribution in [1.29, 1.82) is 0 Å². The predicted octanol–water partition coefficient (Wildman–Crippen LogP) is 7.98. The average Bonchev–Trinajstić information content (AvgIpc) is 3.29. The van der Waals surface area contributed by atoms with E-state index in [0.717, 1.165) is 32.0 Å². The summed E-state index contributed by atoms with van der Waals surface area (Å²) in [5.41, 5.74) is 2.12. The maximum absolute atomic E-state index is 13.7. The van der Waals surface area contributed by atoms with Gasteiger partial charge in [0.25, 0.3) is 5.92 Å². The third kappa shape index (κ3) is 7.06. The first-order valence-electron chi connectivity index (χ1n) is 12.7. The number of aromatic nitrogens is 1. The van der Waals surface area contributed by atoms with E-state index in [1.54, 1.807) is 37.4 Å². The number of hydrogen-bond acceptors (Lipinski definition) is 4. The average molecular weight is 581 g/mol. The lowest BCUT2D eigenvalue weighted by Gasteiger charge is -2.24. The van der Waals surface area contributed by atoms with Crippen LogP contribution in [0.15, 0.2) is 52.3 Å². The second-order valence-electron chi connectivity index (χ2n) is 11.7. The highest BCUT2D eigenvalue weighted by Crippen LogP contribution is 2.44. The first-order chi connectivity index (χ1) is 17.6. The highest BCUT2D eigenvalue weighted by molar-refractivity contribution is 8.01. The molecule has 1 unspecified atom stereocenters. The molecule has 4 rings (SSSR count). The topological polar surface area (TPSA) is 54.3 Å². The second-order valence-corrected chi connectivity index (χ2v) is 15.1. The molecule has 4 nitrogen and oxygen atoms in total. The third-order valence-corrected chi connectivity index (χ3v) is 9.27. The minimum Gasteiger partial charge on any atom is -0.481 e. The molecule has 0 bridgehead atoms. The molecule has 1 aliphatic heterocycles. The number of fused-ring (bicyclic) bond motifs is 1. The van der Waals surface area contributed by atoms with E-state index in [4.69, 9.17) is 11.6 Å². The highest BCUT2D eigenvalue weighted by Gasteiger charge is 2.39. The van der Waals surface area contributed by atoms with E-state index in [1.807, 2.05) is 30.3 Å². The molecule has 1 atom stereocenters. The van der Waals surface area contributed by atoms with Crippen molar-refractivity contribution in [2.45, 2.75) is 80.5 Å². The van der Waals surface area contributed by atoms with Gasteiger partial charge in [-0.3, -0.25) is 4.79 Å². The van der Waals surface area contributed by atoms with E-state index in [2.05, 4.69) is 42.8 Å². The lowest BCUT2D eigenvalue weighted by Crippen LogP contribution is -2.28. The van der Waals surface area contributed by atoms with Crippen molar-refractivity contribution in [2.24, 2.45) is 5.41 Å². The van der Waals surface area contributed by atoms with Gasteiger partial charge >= 0.3 is 5.97 Å². The standard InChI is InChI=1S/C29H35ClF2N2O2S2/c1-27(2,3)38-25-22-12-21(37-16-20-13-29(31,32)17-33-20)10-11-23(22)34(15-18-6-8-19(30)9-7-18)24(25)14-28(4,5)26(35)36/h6-12,20,33H,13-17H2,1-5H3,(H,35,36). The number of carbonyl (C=O) groups is 1. The van der Waals surface area contributed by atoms with Crippen LogP contribution in [0.1, 0.15) is 52.3 Å². The number of carboxylic acid groups (broad SMARTS) is 1. The van der Waals surface area contributed by atoms with Crippen LogP contribution in [0.3, 0.4) is 0 Å². The Balaban J connectivity index is 1.80. The summed E-state index contributed by atoms with van der Waals surface area (Å²) in [6.07, 6.45) is 0.228. The fourth-order valence-electron chi connectivity index (χ4n) is 4.60. The normalized spacial score (nSPS) is 17.8. The zero-order chi connectivity index (χ0) is 27.9. The van der Waals surface area contributed by atoms with E-state index in [0.29, 0.717) is 23.7 Å². The number of nitrogens with one attached hydrogen (secondary N) is 1. The van der Waals surface area contributed by atoms with Crippen LogP contribution in [-0.4, -0.2) is 44.7 Å². The molecule has 206 valence electrons. The van der Waals surface area contributed by atoms with Crippen molar-refractivity contribution >= 4 is 52.0 Å². The largest absolute Gasteiger partial charge is 0.481 e. The molecule has 0 saturated carbocycles. The molecular weight excluding hydrogens is 546 g/mol. The van der Waals surface area contributed by atoms with Gasteiger partial charge in [0.1, 0.15) is 0 Å². The number of hydrogen-bond donors (Lipinski definition) is 2. The maximum atomic E-state index is 13.7. The lowest BCUT2D eigenvalue weighted by atomic mass is 9.88. The first kappa shape index (κ1) is 29.2. The number of nitrogens with zero attached hydrogens (tertiary/aromatic N) is 1. The van der Waals surface area contributed by atoms with Crippen molar-refractivity contribution in [3.63, 3.8) is 0 Å². The van der Waals surface area contributed by atoms with E-state index < -0.39 is 17.3 Å². The van der Waals surface area contributed by atoms with E-state index in [1.165, 1.54) is 0 Å². The number of thioether (sulfide) groups is 2. The van der Waals surface area contributed by atoms with E-state index >= 15 is 0 Å². The molecule has 2 heterocycles. The van der Waals surface area contributed by atoms with Crippen LogP contribution in [0, 0.1) is 5.41 Å². The van der Waals surface area contributed by atoms with Crippen LogP contribution in [0.2, 0.25) is 5.02 Å². The maximum Gasteiger partial charge on any atom is 0.309 e. The van der Waals surface area contributed by atoms with Gasteiger partial charge in [0.15, 0.2) is 0 Å². The van der Waals surface area contributed by atoms with Crippen molar-refractivity contribution in [1.82, 2.24) is 9.88 Å². The Bertz CT molecular complexity index is 1320. The fourth-order valence-corrected chi connectivity index (χ4v) is 6.91. The number of carboxylic acids is 1. The minimum atomic E-state index is -2.64. The summed E-state index contributed by atoms with van der Waals surface area (Å²) in [5, 5.41) is 14.6. The zero-order valence-corrected chi connectivity index (χ0v) is 24.8. The van der Waals surface area contributed by atoms with Gasteiger partial charge < -0.3 is 15.0 Å². The molecule has 0 radical (unpaired) electrons. The van der Waals surface area contributed by atoms with E-state index in [9.17, 15) is 18.7 Å². The molecule has 0 aliphatic carbocycles. The Morgan fingerprint density at radius 1 is 1.16 bits per heavy atom. The molecule has 0 amide bonds. The molecule has 1 saturated heterocycles. The molecule has 1 aliphatic rings. The van der Waals surface area contributed by atoms with Crippen LogP contribution < -0.4 is 5.32 Å². The smallest absolute Gasteiger partial charge is 0.309 e. The van der Waals surface area contributed by atoms with Crippen molar-refractivity contribution < 1.29 is 18.7 Å². The van der Waals surface area contributed by atoms with Gasteiger partial charge in [0, 0.05) is 67.3 Å². The Morgan fingerprint density at radius 3 is 2.42 bits per heavy atom. The minimum absolute atomic E-state index is 0.107. The molecule has 1 fully saturated rings. The highest BCUT2D eigenvalue weighted by atomic mass is 35.5. The quantitative estimate of drug-likeness (QED) is 0.251. The molecule has 9 heteroatoms. The first-order valence-corrected chi connectivity index (χ1v) is 14.9. The second kappa shape index (κ2) is 11.0. The van der Waals surface area contributed by atoms with Gasteiger partial charge in [-0.2, -0.15) is 0 Å². The van der Waals surface area contributed by atoms with Gasteiger partial charge in [0.2, 0.25) is 0 Å². The molecule has 2 N–H and O–H groups in total. The van der Waals surface area contributed by atoms with Crippen LogP contribution in [0.25, 0.3) is 10.9 Å². The summed E-state index contributed by atoms with van der Waals surface area (Å²) in [4.78, 5) is 14.2. The lowest BCUT2D eigenvalue weighted by molar-refractivity contribution is -0.146.